The molecular weight excluding hydrogens is 249 g/mol. The quantitative estimate of drug-likeness (QED) is 0.822. The van der Waals surface area contributed by atoms with E-state index in [-0.39, 0.29) is 5.82 Å². The Bertz CT molecular complexity index is 383. The van der Waals surface area contributed by atoms with Gasteiger partial charge in [-0.25, -0.2) is 4.39 Å². The second-order valence-corrected chi connectivity index (χ2v) is 6.06. The lowest BCUT2D eigenvalue weighted by atomic mass is 9.83. The molecule has 0 radical (unpaired) electrons. The van der Waals surface area contributed by atoms with E-state index < -0.39 is 0 Å². The van der Waals surface area contributed by atoms with E-state index in [4.69, 9.17) is 0 Å². The predicted octanol–water partition coefficient (Wildman–Crippen LogP) is 4.71. The standard InChI is InChI=1S/C18H28FN/c1-2-20-18(14-16-12-8-9-13-17(16)19)15-10-6-4-3-5-7-11-15/h8-9,12-13,15,18,20H,2-7,10-11,14H2,1H3. The van der Waals surface area contributed by atoms with Crippen molar-refractivity contribution in [2.24, 2.45) is 5.92 Å². The molecule has 1 aromatic carbocycles. The Morgan fingerprint density at radius 1 is 1.10 bits per heavy atom. The Hall–Kier alpha value is -0.890. The molecule has 1 N–H and O–H groups in total. The third kappa shape index (κ3) is 4.59. The van der Waals surface area contributed by atoms with E-state index in [1.807, 2.05) is 12.1 Å². The fourth-order valence-electron chi connectivity index (χ4n) is 3.46. The number of nitrogens with one attached hydrogen (secondary N) is 1. The average Bonchev–Trinajstić information content (AvgIpc) is 2.40. The number of rotatable bonds is 5. The number of halogens is 1. The van der Waals surface area contributed by atoms with Gasteiger partial charge in [-0.2, -0.15) is 0 Å². The highest BCUT2D eigenvalue weighted by Gasteiger charge is 2.22. The summed E-state index contributed by atoms with van der Waals surface area (Å²) >= 11 is 0. The van der Waals surface area contributed by atoms with Gasteiger partial charge in [-0.05, 0) is 43.4 Å². The Morgan fingerprint density at radius 3 is 2.40 bits per heavy atom. The number of hydrogen-bond acceptors (Lipinski definition) is 1. The topological polar surface area (TPSA) is 12.0 Å². The van der Waals surface area contributed by atoms with Crippen LogP contribution >= 0.6 is 0 Å². The van der Waals surface area contributed by atoms with E-state index in [0.29, 0.717) is 12.0 Å². The zero-order valence-electron chi connectivity index (χ0n) is 12.7. The van der Waals surface area contributed by atoms with E-state index in [2.05, 4.69) is 12.2 Å². The molecule has 0 amide bonds. The summed E-state index contributed by atoms with van der Waals surface area (Å²) in [5.41, 5.74) is 0.862. The van der Waals surface area contributed by atoms with Crippen LogP contribution in [-0.4, -0.2) is 12.6 Å². The zero-order valence-corrected chi connectivity index (χ0v) is 12.7. The first kappa shape index (κ1) is 15.5. The van der Waals surface area contributed by atoms with Gasteiger partial charge in [-0.1, -0.05) is 57.2 Å². The average molecular weight is 277 g/mol. The van der Waals surface area contributed by atoms with Gasteiger partial charge < -0.3 is 5.32 Å². The summed E-state index contributed by atoms with van der Waals surface area (Å²) in [5, 5.41) is 3.61. The van der Waals surface area contributed by atoms with E-state index >= 15 is 0 Å². The third-order valence-corrected chi connectivity index (χ3v) is 4.58. The molecule has 0 spiro atoms. The van der Waals surface area contributed by atoms with Crippen LogP contribution in [0, 0.1) is 11.7 Å². The van der Waals surface area contributed by atoms with Crippen molar-refractivity contribution >= 4 is 0 Å². The molecule has 1 unspecified atom stereocenters. The predicted molar refractivity (Wildman–Crippen MR) is 83.4 cm³/mol. The van der Waals surface area contributed by atoms with Crippen molar-refractivity contribution in [3.63, 3.8) is 0 Å². The molecule has 0 aliphatic heterocycles. The first-order chi connectivity index (χ1) is 9.81. The molecule has 0 bridgehead atoms. The van der Waals surface area contributed by atoms with E-state index in [1.165, 1.54) is 44.9 Å². The lowest BCUT2D eigenvalue weighted by Gasteiger charge is -2.29. The highest BCUT2D eigenvalue weighted by atomic mass is 19.1. The second-order valence-electron chi connectivity index (χ2n) is 6.06. The Kier molecular flexibility index (Phi) is 6.52. The maximum atomic E-state index is 13.9. The van der Waals surface area contributed by atoms with Crippen molar-refractivity contribution in [2.45, 2.75) is 64.3 Å². The Morgan fingerprint density at radius 2 is 1.75 bits per heavy atom. The van der Waals surface area contributed by atoms with Crippen LogP contribution < -0.4 is 5.32 Å². The minimum Gasteiger partial charge on any atom is -0.314 e. The van der Waals surface area contributed by atoms with Gasteiger partial charge in [0, 0.05) is 6.04 Å². The van der Waals surface area contributed by atoms with Crippen LogP contribution in [0.15, 0.2) is 24.3 Å². The smallest absolute Gasteiger partial charge is 0.126 e. The fourth-order valence-corrected chi connectivity index (χ4v) is 3.46. The molecular formula is C18H28FN. The van der Waals surface area contributed by atoms with Gasteiger partial charge in [-0.3, -0.25) is 0 Å². The normalized spacial score (nSPS) is 19.3. The van der Waals surface area contributed by atoms with E-state index in [0.717, 1.165) is 18.5 Å². The van der Waals surface area contributed by atoms with Crippen molar-refractivity contribution in [3.8, 4) is 0 Å². The lowest BCUT2D eigenvalue weighted by Crippen LogP contribution is -2.38. The molecule has 0 aromatic heterocycles. The summed E-state index contributed by atoms with van der Waals surface area (Å²) in [6.45, 7) is 3.12. The first-order valence-corrected chi connectivity index (χ1v) is 8.28. The molecule has 1 aliphatic carbocycles. The Balaban J connectivity index is 2.03. The van der Waals surface area contributed by atoms with Crippen molar-refractivity contribution in [1.82, 2.24) is 5.32 Å². The summed E-state index contributed by atoms with van der Waals surface area (Å²) in [4.78, 5) is 0. The van der Waals surface area contributed by atoms with Crippen LogP contribution in [0.2, 0.25) is 0 Å². The SMILES string of the molecule is CCNC(Cc1ccccc1F)C1CCCCCCC1. The number of likely N-dealkylation sites (N-methyl/N-ethyl adjacent to an activating group) is 1. The van der Waals surface area contributed by atoms with Crippen molar-refractivity contribution in [1.29, 1.82) is 0 Å². The van der Waals surface area contributed by atoms with Gasteiger partial charge in [0.2, 0.25) is 0 Å². The molecule has 112 valence electrons. The molecule has 0 saturated heterocycles. The summed E-state index contributed by atoms with van der Waals surface area (Å²) in [6, 6.07) is 7.66. The van der Waals surface area contributed by atoms with Gasteiger partial charge in [0.25, 0.3) is 0 Å². The van der Waals surface area contributed by atoms with Crippen LogP contribution in [0.5, 0.6) is 0 Å². The summed E-state index contributed by atoms with van der Waals surface area (Å²) in [5.74, 6) is 0.649. The van der Waals surface area contributed by atoms with Gasteiger partial charge in [0.15, 0.2) is 0 Å². The molecule has 1 nitrogen and oxygen atoms in total. The molecule has 0 heterocycles. The van der Waals surface area contributed by atoms with Gasteiger partial charge in [-0.15, -0.1) is 0 Å². The monoisotopic (exact) mass is 277 g/mol. The minimum atomic E-state index is -0.0544. The van der Waals surface area contributed by atoms with Crippen molar-refractivity contribution < 1.29 is 4.39 Å². The van der Waals surface area contributed by atoms with E-state index in [1.54, 1.807) is 12.1 Å². The summed E-state index contributed by atoms with van der Waals surface area (Å²) < 4.78 is 13.9. The summed E-state index contributed by atoms with van der Waals surface area (Å²) in [6.07, 6.45) is 10.2. The molecule has 1 fully saturated rings. The maximum absolute atomic E-state index is 13.9. The molecule has 1 saturated carbocycles. The Labute approximate surface area is 123 Å². The number of benzene rings is 1. The molecule has 20 heavy (non-hydrogen) atoms. The molecule has 2 rings (SSSR count). The van der Waals surface area contributed by atoms with Gasteiger partial charge in [0.1, 0.15) is 5.82 Å². The maximum Gasteiger partial charge on any atom is 0.126 e. The second kappa shape index (κ2) is 8.41. The van der Waals surface area contributed by atoms with Crippen LogP contribution in [0.25, 0.3) is 0 Å². The van der Waals surface area contributed by atoms with Crippen LogP contribution in [0.4, 0.5) is 4.39 Å². The van der Waals surface area contributed by atoms with Crippen LogP contribution in [-0.2, 0) is 6.42 Å². The number of hydrogen-bond donors (Lipinski definition) is 1. The summed E-state index contributed by atoms with van der Waals surface area (Å²) in [7, 11) is 0. The minimum absolute atomic E-state index is 0.0544. The van der Waals surface area contributed by atoms with Gasteiger partial charge in [0.05, 0.1) is 0 Å². The largest absolute Gasteiger partial charge is 0.314 e. The molecule has 1 aromatic rings. The first-order valence-electron chi connectivity index (χ1n) is 8.28. The van der Waals surface area contributed by atoms with E-state index in [9.17, 15) is 4.39 Å². The van der Waals surface area contributed by atoms with Crippen molar-refractivity contribution in [3.05, 3.63) is 35.6 Å². The molecule has 2 heteroatoms. The third-order valence-electron chi connectivity index (χ3n) is 4.58. The highest BCUT2D eigenvalue weighted by Crippen LogP contribution is 2.27. The van der Waals surface area contributed by atoms with Gasteiger partial charge >= 0.3 is 0 Å². The highest BCUT2D eigenvalue weighted by molar-refractivity contribution is 5.18. The zero-order chi connectivity index (χ0) is 14.2. The van der Waals surface area contributed by atoms with Crippen LogP contribution in [0.3, 0.4) is 0 Å². The van der Waals surface area contributed by atoms with Crippen molar-refractivity contribution in [2.75, 3.05) is 6.54 Å². The molecule has 1 aliphatic rings. The fraction of sp³-hybridized carbons (Fsp3) is 0.667. The lowest BCUT2D eigenvalue weighted by molar-refractivity contribution is 0.284. The van der Waals surface area contributed by atoms with Crippen LogP contribution in [0.1, 0.15) is 57.4 Å². The molecule has 1 atom stereocenters.